The maximum Gasteiger partial charge on any atom is 0.338 e. The number of likely N-dealkylation sites (tertiary alicyclic amines) is 1. The second kappa shape index (κ2) is 6.91. The van der Waals surface area contributed by atoms with Gasteiger partial charge in [-0.05, 0) is 67.0 Å². The van der Waals surface area contributed by atoms with Crippen LogP contribution in [0.5, 0.6) is 0 Å². The molecular formula is C14H19BrN2O2. The summed E-state index contributed by atoms with van der Waals surface area (Å²) in [5.74, 6) is -0.908. The number of aromatic carboxylic acids is 1. The van der Waals surface area contributed by atoms with E-state index in [0.717, 1.165) is 19.5 Å². The summed E-state index contributed by atoms with van der Waals surface area (Å²) in [5.41, 5.74) is 0.993. The summed E-state index contributed by atoms with van der Waals surface area (Å²) in [7, 11) is 0. The number of nitrogens with one attached hydrogen (secondary N) is 1. The lowest BCUT2D eigenvalue weighted by Gasteiger charge is -2.15. The number of halogens is 1. The van der Waals surface area contributed by atoms with Gasteiger partial charge in [0.15, 0.2) is 0 Å². The Morgan fingerprint density at radius 1 is 1.37 bits per heavy atom. The van der Waals surface area contributed by atoms with Crippen LogP contribution in [0.2, 0.25) is 0 Å². The number of rotatable bonds is 6. The van der Waals surface area contributed by atoms with Gasteiger partial charge in [-0.25, -0.2) is 4.79 Å². The molecule has 1 heterocycles. The minimum atomic E-state index is -0.908. The average molecular weight is 327 g/mol. The van der Waals surface area contributed by atoms with Gasteiger partial charge in [0, 0.05) is 16.7 Å². The molecule has 1 fully saturated rings. The highest BCUT2D eigenvalue weighted by Gasteiger charge is 2.14. The second-order valence-corrected chi connectivity index (χ2v) is 5.65. The first-order valence-corrected chi connectivity index (χ1v) is 7.46. The minimum absolute atomic E-state index is 0.309. The molecule has 1 aliphatic rings. The first-order valence-electron chi connectivity index (χ1n) is 6.66. The van der Waals surface area contributed by atoms with E-state index in [2.05, 4.69) is 26.1 Å². The van der Waals surface area contributed by atoms with Gasteiger partial charge in [0.25, 0.3) is 0 Å². The molecule has 104 valence electrons. The fourth-order valence-electron chi connectivity index (χ4n) is 2.42. The van der Waals surface area contributed by atoms with E-state index in [1.54, 1.807) is 6.07 Å². The van der Waals surface area contributed by atoms with E-state index in [0.29, 0.717) is 15.7 Å². The van der Waals surface area contributed by atoms with E-state index >= 15 is 0 Å². The molecule has 0 unspecified atom stereocenters. The van der Waals surface area contributed by atoms with Crippen LogP contribution in [0, 0.1) is 0 Å². The van der Waals surface area contributed by atoms with Crippen LogP contribution < -0.4 is 5.32 Å². The van der Waals surface area contributed by atoms with Crippen molar-refractivity contribution in [3.05, 3.63) is 28.2 Å². The van der Waals surface area contributed by atoms with Gasteiger partial charge in [-0.2, -0.15) is 0 Å². The molecule has 2 rings (SSSR count). The highest BCUT2D eigenvalue weighted by atomic mass is 79.9. The average Bonchev–Trinajstić information content (AvgIpc) is 2.87. The molecule has 2 N–H and O–H groups in total. The Morgan fingerprint density at radius 3 is 2.79 bits per heavy atom. The van der Waals surface area contributed by atoms with E-state index in [-0.39, 0.29) is 0 Å². The SMILES string of the molecule is O=C(O)c1c(Br)cccc1NCCCN1CCCC1. The van der Waals surface area contributed by atoms with Gasteiger partial charge in [0.05, 0.1) is 5.56 Å². The largest absolute Gasteiger partial charge is 0.478 e. The molecule has 5 heteroatoms. The Balaban J connectivity index is 1.85. The summed E-state index contributed by atoms with van der Waals surface area (Å²) in [6, 6.07) is 5.41. The van der Waals surface area contributed by atoms with Crippen LogP contribution in [0.25, 0.3) is 0 Å². The maximum atomic E-state index is 11.2. The molecule has 0 bridgehead atoms. The predicted molar refractivity (Wildman–Crippen MR) is 79.9 cm³/mol. The zero-order chi connectivity index (χ0) is 13.7. The number of carboxylic acids is 1. The summed E-state index contributed by atoms with van der Waals surface area (Å²) < 4.78 is 0.615. The smallest absolute Gasteiger partial charge is 0.338 e. The maximum absolute atomic E-state index is 11.2. The first-order chi connectivity index (χ1) is 9.18. The molecule has 0 spiro atoms. The van der Waals surface area contributed by atoms with Gasteiger partial charge >= 0.3 is 5.97 Å². The number of carbonyl (C=O) groups is 1. The van der Waals surface area contributed by atoms with Crippen LogP contribution in [-0.2, 0) is 0 Å². The standard InChI is InChI=1S/C14H19BrN2O2/c15-11-5-3-6-12(13(11)14(18)19)16-7-4-10-17-8-1-2-9-17/h3,5-6,16H,1-2,4,7-10H2,(H,18,19). The van der Waals surface area contributed by atoms with Gasteiger partial charge in [0.2, 0.25) is 0 Å². The van der Waals surface area contributed by atoms with Crippen molar-refractivity contribution in [3.8, 4) is 0 Å². The third kappa shape index (κ3) is 3.94. The number of anilines is 1. The van der Waals surface area contributed by atoms with E-state index in [1.807, 2.05) is 12.1 Å². The quantitative estimate of drug-likeness (QED) is 0.789. The van der Waals surface area contributed by atoms with Crippen molar-refractivity contribution >= 4 is 27.6 Å². The van der Waals surface area contributed by atoms with Crippen molar-refractivity contribution in [3.63, 3.8) is 0 Å². The Labute approximate surface area is 121 Å². The fraction of sp³-hybridized carbons (Fsp3) is 0.500. The summed E-state index contributed by atoms with van der Waals surface area (Å²) in [4.78, 5) is 13.7. The lowest BCUT2D eigenvalue weighted by Crippen LogP contribution is -2.22. The Hall–Kier alpha value is -1.07. The number of nitrogens with zero attached hydrogens (tertiary/aromatic N) is 1. The predicted octanol–water partition coefficient (Wildman–Crippen LogP) is 3.05. The molecule has 19 heavy (non-hydrogen) atoms. The van der Waals surface area contributed by atoms with Gasteiger partial charge in [-0.3, -0.25) is 0 Å². The topological polar surface area (TPSA) is 52.6 Å². The summed E-state index contributed by atoms with van der Waals surface area (Å²) in [5, 5.41) is 12.4. The molecular weight excluding hydrogens is 308 g/mol. The van der Waals surface area contributed by atoms with Crippen LogP contribution in [0.1, 0.15) is 29.6 Å². The number of hydrogen-bond acceptors (Lipinski definition) is 3. The Kier molecular flexibility index (Phi) is 5.22. The van der Waals surface area contributed by atoms with E-state index in [4.69, 9.17) is 0 Å². The minimum Gasteiger partial charge on any atom is -0.478 e. The number of benzene rings is 1. The van der Waals surface area contributed by atoms with Crippen molar-refractivity contribution in [1.29, 1.82) is 0 Å². The molecule has 0 aliphatic carbocycles. The highest BCUT2D eigenvalue weighted by Crippen LogP contribution is 2.24. The molecule has 1 saturated heterocycles. The second-order valence-electron chi connectivity index (χ2n) is 4.80. The van der Waals surface area contributed by atoms with E-state index in [1.165, 1.54) is 25.9 Å². The first kappa shape index (κ1) is 14.3. The van der Waals surface area contributed by atoms with E-state index in [9.17, 15) is 9.90 Å². The lowest BCUT2D eigenvalue weighted by atomic mass is 10.2. The van der Waals surface area contributed by atoms with Crippen molar-refractivity contribution < 1.29 is 9.90 Å². The van der Waals surface area contributed by atoms with Crippen molar-refractivity contribution in [2.24, 2.45) is 0 Å². The van der Waals surface area contributed by atoms with Crippen molar-refractivity contribution in [1.82, 2.24) is 4.90 Å². The monoisotopic (exact) mass is 326 g/mol. The summed E-state index contributed by atoms with van der Waals surface area (Å²) in [6.45, 7) is 4.30. The van der Waals surface area contributed by atoms with Gasteiger partial charge < -0.3 is 15.3 Å². The van der Waals surface area contributed by atoms with Gasteiger partial charge in [-0.1, -0.05) is 6.07 Å². The third-order valence-electron chi connectivity index (χ3n) is 3.39. The highest BCUT2D eigenvalue weighted by molar-refractivity contribution is 9.10. The molecule has 0 atom stereocenters. The van der Waals surface area contributed by atoms with Crippen LogP contribution >= 0.6 is 15.9 Å². The van der Waals surface area contributed by atoms with Gasteiger partial charge in [-0.15, -0.1) is 0 Å². The van der Waals surface area contributed by atoms with Crippen molar-refractivity contribution in [2.75, 3.05) is 31.5 Å². The summed E-state index contributed by atoms with van der Waals surface area (Å²) >= 11 is 3.28. The number of hydrogen-bond donors (Lipinski definition) is 2. The third-order valence-corrected chi connectivity index (χ3v) is 4.05. The Bertz CT molecular complexity index is 445. The van der Waals surface area contributed by atoms with Gasteiger partial charge in [0.1, 0.15) is 0 Å². The molecule has 0 aromatic heterocycles. The molecule has 1 aromatic rings. The molecule has 0 saturated carbocycles. The Morgan fingerprint density at radius 2 is 2.11 bits per heavy atom. The van der Waals surface area contributed by atoms with E-state index < -0.39 is 5.97 Å². The zero-order valence-corrected chi connectivity index (χ0v) is 12.4. The van der Waals surface area contributed by atoms with Crippen LogP contribution in [-0.4, -0.2) is 42.2 Å². The van der Waals surface area contributed by atoms with Crippen LogP contribution in [0.15, 0.2) is 22.7 Å². The van der Waals surface area contributed by atoms with Crippen LogP contribution in [0.3, 0.4) is 0 Å². The lowest BCUT2D eigenvalue weighted by molar-refractivity contribution is 0.0697. The molecule has 4 nitrogen and oxygen atoms in total. The molecule has 1 aromatic carbocycles. The fourth-order valence-corrected chi connectivity index (χ4v) is 2.96. The van der Waals surface area contributed by atoms with Crippen LogP contribution in [0.4, 0.5) is 5.69 Å². The molecule has 1 aliphatic heterocycles. The summed E-state index contributed by atoms with van der Waals surface area (Å²) in [6.07, 6.45) is 3.65. The zero-order valence-electron chi connectivity index (χ0n) is 10.9. The normalized spacial score (nSPS) is 15.6. The van der Waals surface area contributed by atoms with Crippen molar-refractivity contribution in [2.45, 2.75) is 19.3 Å². The number of carboxylic acid groups (broad SMARTS) is 1. The molecule has 0 amide bonds. The molecule has 0 radical (unpaired) electrons.